The summed E-state index contributed by atoms with van der Waals surface area (Å²) in [5, 5.41) is 3.00. The molecule has 1 aliphatic heterocycles. The van der Waals surface area contributed by atoms with Gasteiger partial charge in [0.1, 0.15) is 0 Å². The van der Waals surface area contributed by atoms with E-state index in [1.165, 1.54) is 0 Å². The highest BCUT2D eigenvalue weighted by molar-refractivity contribution is 6.07. The number of piperidine rings is 1. The second-order valence-corrected chi connectivity index (χ2v) is 6.71. The Morgan fingerprint density at radius 3 is 2.36 bits per heavy atom. The van der Waals surface area contributed by atoms with Crippen LogP contribution in [0.2, 0.25) is 0 Å². The highest BCUT2D eigenvalue weighted by Crippen LogP contribution is 2.30. The van der Waals surface area contributed by atoms with Crippen LogP contribution in [0, 0.1) is 12.8 Å². The van der Waals surface area contributed by atoms with Gasteiger partial charge in [-0.25, -0.2) is 0 Å². The lowest BCUT2D eigenvalue weighted by molar-refractivity contribution is -0.122. The summed E-state index contributed by atoms with van der Waals surface area (Å²) in [6.45, 7) is 3.35. The zero-order chi connectivity index (χ0) is 18.7. The number of primary amides is 1. The van der Waals surface area contributed by atoms with Gasteiger partial charge in [-0.15, -0.1) is 24.8 Å². The number of carbonyl (C=O) groups is 2. The lowest BCUT2D eigenvalue weighted by Crippen LogP contribution is -2.38. The minimum atomic E-state index is -0.233. The molecule has 0 aromatic heterocycles. The van der Waals surface area contributed by atoms with Gasteiger partial charge in [-0.3, -0.25) is 9.59 Å². The molecular formula is C20H26Cl2N4O2. The number of para-hydroxylation sites is 2. The van der Waals surface area contributed by atoms with E-state index in [-0.39, 0.29) is 42.5 Å². The highest BCUT2D eigenvalue weighted by Gasteiger charge is 2.24. The third kappa shape index (κ3) is 5.30. The molecule has 1 fully saturated rings. The molecule has 0 atom stereocenters. The molecule has 2 aromatic carbocycles. The van der Waals surface area contributed by atoms with Crippen LogP contribution in [-0.2, 0) is 4.79 Å². The fourth-order valence-corrected chi connectivity index (χ4v) is 3.33. The SMILES string of the molecule is Cc1ccc(N)cc1C(=O)Nc1ccccc1N1CCC(C(N)=O)CC1.Cl.Cl. The van der Waals surface area contributed by atoms with E-state index in [2.05, 4.69) is 10.2 Å². The Morgan fingerprint density at radius 1 is 1.07 bits per heavy atom. The fraction of sp³-hybridized carbons (Fsp3) is 0.300. The Labute approximate surface area is 177 Å². The van der Waals surface area contributed by atoms with Gasteiger partial charge in [0.25, 0.3) is 5.91 Å². The summed E-state index contributed by atoms with van der Waals surface area (Å²) in [6.07, 6.45) is 1.46. The molecule has 28 heavy (non-hydrogen) atoms. The first-order chi connectivity index (χ1) is 12.5. The largest absolute Gasteiger partial charge is 0.399 e. The number of halogens is 2. The van der Waals surface area contributed by atoms with Gasteiger partial charge in [-0.1, -0.05) is 18.2 Å². The molecule has 8 heteroatoms. The molecule has 0 bridgehead atoms. The second-order valence-electron chi connectivity index (χ2n) is 6.71. The third-order valence-electron chi connectivity index (χ3n) is 4.90. The van der Waals surface area contributed by atoms with Crippen molar-refractivity contribution in [1.29, 1.82) is 0 Å². The van der Waals surface area contributed by atoms with E-state index in [4.69, 9.17) is 11.5 Å². The zero-order valence-electron chi connectivity index (χ0n) is 15.7. The van der Waals surface area contributed by atoms with Crippen molar-refractivity contribution in [3.8, 4) is 0 Å². The number of aryl methyl sites for hydroxylation is 1. The fourth-order valence-electron chi connectivity index (χ4n) is 3.33. The van der Waals surface area contributed by atoms with Crippen molar-refractivity contribution in [3.63, 3.8) is 0 Å². The van der Waals surface area contributed by atoms with Crippen LogP contribution in [0.1, 0.15) is 28.8 Å². The lowest BCUT2D eigenvalue weighted by Gasteiger charge is -2.33. The third-order valence-corrected chi connectivity index (χ3v) is 4.90. The van der Waals surface area contributed by atoms with Crippen molar-refractivity contribution >= 4 is 53.7 Å². The zero-order valence-corrected chi connectivity index (χ0v) is 17.3. The molecule has 0 radical (unpaired) electrons. The van der Waals surface area contributed by atoms with Gasteiger partial charge in [0.05, 0.1) is 11.4 Å². The maximum Gasteiger partial charge on any atom is 0.256 e. The normalized spacial score (nSPS) is 13.8. The standard InChI is InChI=1S/C20H24N4O2.2ClH/c1-13-6-7-15(21)12-16(13)20(26)23-17-4-2-3-5-18(17)24-10-8-14(9-11-24)19(22)25;;/h2-7,12,14H,8-11,21H2,1H3,(H2,22,25)(H,23,26);2*1H. The molecule has 2 aromatic rings. The predicted molar refractivity (Wildman–Crippen MR) is 119 cm³/mol. The molecule has 152 valence electrons. The van der Waals surface area contributed by atoms with Crippen LogP contribution in [0.15, 0.2) is 42.5 Å². The van der Waals surface area contributed by atoms with Crippen LogP contribution < -0.4 is 21.7 Å². The molecule has 1 saturated heterocycles. The molecule has 0 aliphatic carbocycles. The van der Waals surface area contributed by atoms with Gasteiger partial charge in [0, 0.05) is 30.3 Å². The van der Waals surface area contributed by atoms with E-state index in [0.717, 1.165) is 42.9 Å². The first-order valence-corrected chi connectivity index (χ1v) is 8.76. The average Bonchev–Trinajstić information content (AvgIpc) is 2.64. The number of nitrogens with one attached hydrogen (secondary N) is 1. The number of nitrogens with zero attached hydrogens (tertiary/aromatic N) is 1. The molecular weight excluding hydrogens is 399 g/mol. The van der Waals surface area contributed by atoms with E-state index < -0.39 is 0 Å². The van der Waals surface area contributed by atoms with Gasteiger partial charge in [-0.2, -0.15) is 0 Å². The van der Waals surface area contributed by atoms with E-state index in [1.54, 1.807) is 12.1 Å². The second kappa shape index (κ2) is 10.2. The Morgan fingerprint density at radius 2 is 1.71 bits per heavy atom. The minimum Gasteiger partial charge on any atom is -0.399 e. The van der Waals surface area contributed by atoms with Crippen molar-refractivity contribution in [2.75, 3.05) is 29.0 Å². The number of carbonyl (C=O) groups excluding carboxylic acids is 2. The van der Waals surface area contributed by atoms with Crippen LogP contribution >= 0.6 is 24.8 Å². The highest BCUT2D eigenvalue weighted by atomic mass is 35.5. The first-order valence-electron chi connectivity index (χ1n) is 8.76. The predicted octanol–water partition coefficient (Wildman–Crippen LogP) is 3.37. The number of anilines is 3. The number of hydrogen-bond donors (Lipinski definition) is 3. The van der Waals surface area contributed by atoms with Crippen LogP contribution in [0.25, 0.3) is 0 Å². The summed E-state index contributed by atoms with van der Waals surface area (Å²) < 4.78 is 0. The summed E-state index contributed by atoms with van der Waals surface area (Å²) in [5.41, 5.74) is 14.9. The van der Waals surface area contributed by atoms with Crippen molar-refractivity contribution < 1.29 is 9.59 Å². The monoisotopic (exact) mass is 424 g/mol. The molecule has 6 nitrogen and oxygen atoms in total. The number of hydrogen-bond acceptors (Lipinski definition) is 4. The number of rotatable bonds is 4. The molecule has 2 amide bonds. The number of nitrogen functional groups attached to an aromatic ring is 1. The van der Waals surface area contributed by atoms with E-state index in [1.807, 2.05) is 37.3 Å². The van der Waals surface area contributed by atoms with Crippen LogP contribution in [0.5, 0.6) is 0 Å². The molecule has 0 spiro atoms. The summed E-state index contributed by atoms with van der Waals surface area (Å²) in [5.74, 6) is -0.486. The van der Waals surface area contributed by atoms with Gasteiger partial charge in [-0.05, 0) is 49.6 Å². The maximum atomic E-state index is 12.7. The smallest absolute Gasteiger partial charge is 0.256 e. The summed E-state index contributed by atoms with van der Waals surface area (Å²) in [7, 11) is 0. The summed E-state index contributed by atoms with van der Waals surface area (Å²) >= 11 is 0. The minimum absolute atomic E-state index is 0. The lowest BCUT2D eigenvalue weighted by atomic mass is 9.96. The van der Waals surface area contributed by atoms with Gasteiger partial charge in [0.15, 0.2) is 0 Å². The summed E-state index contributed by atoms with van der Waals surface area (Å²) in [4.78, 5) is 26.3. The molecule has 1 heterocycles. The molecule has 0 unspecified atom stereocenters. The van der Waals surface area contributed by atoms with Gasteiger partial charge >= 0.3 is 0 Å². The van der Waals surface area contributed by atoms with Crippen molar-refractivity contribution in [3.05, 3.63) is 53.6 Å². The van der Waals surface area contributed by atoms with Crippen LogP contribution in [0.3, 0.4) is 0 Å². The number of amides is 2. The van der Waals surface area contributed by atoms with Crippen molar-refractivity contribution in [2.24, 2.45) is 11.7 Å². The Hall–Kier alpha value is -2.44. The van der Waals surface area contributed by atoms with Gasteiger partial charge < -0.3 is 21.7 Å². The number of nitrogens with two attached hydrogens (primary N) is 2. The Bertz CT molecular complexity index is 837. The van der Waals surface area contributed by atoms with E-state index >= 15 is 0 Å². The first kappa shape index (κ1) is 23.6. The summed E-state index contributed by atoms with van der Waals surface area (Å²) in [6, 6.07) is 13.0. The molecule has 3 rings (SSSR count). The van der Waals surface area contributed by atoms with E-state index in [0.29, 0.717) is 11.3 Å². The Kier molecular flexibility index (Phi) is 8.60. The molecule has 1 aliphatic rings. The maximum absolute atomic E-state index is 12.7. The van der Waals surface area contributed by atoms with E-state index in [9.17, 15) is 9.59 Å². The van der Waals surface area contributed by atoms with Crippen molar-refractivity contribution in [2.45, 2.75) is 19.8 Å². The molecule has 0 saturated carbocycles. The molecule has 5 N–H and O–H groups in total. The average molecular weight is 425 g/mol. The van der Waals surface area contributed by atoms with Crippen molar-refractivity contribution in [1.82, 2.24) is 0 Å². The van der Waals surface area contributed by atoms with Crippen LogP contribution in [0.4, 0.5) is 17.1 Å². The quantitative estimate of drug-likeness (QED) is 0.654. The van der Waals surface area contributed by atoms with Crippen LogP contribution in [-0.4, -0.2) is 24.9 Å². The van der Waals surface area contributed by atoms with Gasteiger partial charge in [0.2, 0.25) is 5.91 Å². The topological polar surface area (TPSA) is 101 Å². The Balaban J connectivity index is 0.00000196. The number of benzene rings is 2.